The highest BCUT2D eigenvalue weighted by molar-refractivity contribution is 5.88. The summed E-state index contributed by atoms with van der Waals surface area (Å²) in [7, 11) is 0. The van der Waals surface area contributed by atoms with Crippen LogP contribution in [-0.4, -0.2) is 10.5 Å². The van der Waals surface area contributed by atoms with Crippen molar-refractivity contribution in [1.29, 1.82) is 0 Å². The lowest BCUT2D eigenvalue weighted by molar-refractivity contribution is -0.121. The molecule has 1 aromatic heterocycles. The van der Waals surface area contributed by atoms with E-state index < -0.39 is 0 Å². The monoisotopic (exact) mass is 346 g/mol. The average Bonchev–Trinajstić information content (AvgIpc) is 2.93. The third-order valence-electron chi connectivity index (χ3n) is 5.50. The van der Waals surface area contributed by atoms with Crippen LogP contribution in [0.2, 0.25) is 0 Å². The number of carbonyl (C=O) groups excluding carboxylic acids is 1. The second-order valence-electron chi connectivity index (χ2n) is 7.64. The molecule has 0 saturated carbocycles. The van der Waals surface area contributed by atoms with E-state index in [-0.39, 0.29) is 5.91 Å². The summed E-state index contributed by atoms with van der Waals surface area (Å²) >= 11 is 0. The van der Waals surface area contributed by atoms with E-state index in [1.165, 1.54) is 34.1 Å². The number of aryl methyl sites for hydroxylation is 1. The van der Waals surface area contributed by atoms with E-state index in [0.717, 1.165) is 18.4 Å². The number of rotatable bonds is 4. The summed E-state index contributed by atoms with van der Waals surface area (Å²) < 4.78 is 2.25. The SMILES string of the molecule is Cc1ccc2c(c1)c1c(n2CC(=O)NCc2ccccc2)CCC(C)C1. The quantitative estimate of drug-likeness (QED) is 0.747. The summed E-state index contributed by atoms with van der Waals surface area (Å²) in [5.74, 6) is 0.793. The number of nitrogens with one attached hydrogen (secondary N) is 1. The summed E-state index contributed by atoms with van der Waals surface area (Å²) in [4.78, 5) is 12.6. The first-order chi connectivity index (χ1) is 12.6. The van der Waals surface area contributed by atoms with Crippen LogP contribution in [-0.2, 0) is 30.7 Å². The maximum Gasteiger partial charge on any atom is 0.240 e. The van der Waals surface area contributed by atoms with Crippen molar-refractivity contribution in [3.05, 3.63) is 70.9 Å². The molecule has 0 aliphatic heterocycles. The van der Waals surface area contributed by atoms with Gasteiger partial charge in [0.1, 0.15) is 6.54 Å². The fraction of sp³-hybridized carbons (Fsp3) is 0.348. The van der Waals surface area contributed by atoms with Crippen LogP contribution in [0.4, 0.5) is 0 Å². The minimum absolute atomic E-state index is 0.0766. The Morgan fingerprint density at radius 2 is 2.00 bits per heavy atom. The van der Waals surface area contributed by atoms with Gasteiger partial charge >= 0.3 is 0 Å². The second kappa shape index (κ2) is 6.99. The molecular weight excluding hydrogens is 320 g/mol. The van der Waals surface area contributed by atoms with Gasteiger partial charge in [0.25, 0.3) is 0 Å². The van der Waals surface area contributed by atoms with E-state index in [4.69, 9.17) is 0 Å². The molecule has 1 aliphatic rings. The Balaban J connectivity index is 1.61. The predicted octanol–water partition coefficient (Wildman–Crippen LogP) is 4.39. The second-order valence-corrected chi connectivity index (χ2v) is 7.64. The van der Waals surface area contributed by atoms with Crippen LogP contribution in [0.25, 0.3) is 10.9 Å². The molecule has 0 spiro atoms. The number of fused-ring (bicyclic) bond motifs is 3. The van der Waals surface area contributed by atoms with Gasteiger partial charge < -0.3 is 9.88 Å². The van der Waals surface area contributed by atoms with E-state index in [0.29, 0.717) is 19.0 Å². The van der Waals surface area contributed by atoms with Crippen LogP contribution >= 0.6 is 0 Å². The van der Waals surface area contributed by atoms with Crippen molar-refractivity contribution in [1.82, 2.24) is 9.88 Å². The van der Waals surface area contributed by atoms with Gasteiger partial charge in [0.05, 0.1) is 0 Å². The molecule has 3 aromatic rings. The topological polar surface area (TPSA) is 34.0 Å². The standard InChI is InChI=1S/C23H26N2O/c1-16-8-10-21-19(12-16)20-13-17(2)9-11-22(20)25(21)15-23(26)24-14-18-6-4-3-5-7-18/h3-8,10,12,17H,9,11,13-15H2,1-2H3,(H,24,26). The summed E-state index contributed by atoms with van der Waals surface area (Å²) in [6, 6.07) is 16.7. The molecule has 0 radical (unpaired) electrons. The number of aromatic nitrogens is 1. The van der Waals surface area contributed by atoms with Gasteiger partial charge in [-0.2, -0.15) is 0 Å². The molecule has 1 aliphatic carbocycles. The van der Waals surface area contributed by atoms with Gasteiger partial charge in [-0.15, -0.1) is 0 Å². The van der Waals surface area contributed by atoms with E-state index in [1.807, 2.05) is 30.3 Å². The molecule has 0 fully saturated rings. The zero-order valence-corrected chi connectivity index (χ0v) is 15.6. The number of amides is 1. The van der Waals surface area contributed by atoms with Gasteiger partial charge in [-0.25, -0.2) is 0 Å². The molecule has 1 heterocycles. The fourth-order valence-corrected chi connectivity index (χ4v) is 4.11. The summed E-state index contributed by atoms with van der Waals surface area (Å²) in [5, 5.41) is 4.40. The Hall–Kier alpha value is -2.55. The molecule has 26 heavy (non-hydrogen) atoms. The average molecular weight is 346 g/mol. The Labute approximate surface area is 155 Å². The number of hydrogen-bond acceptors (Lipinski definition) is 1. The summed E-state index contributed by atoms with van der Waals surface area (Å²) in [6.45, 7) is 5.45. The first kappa shape index (κ1) is 16.9. The first-order valence-corrected chi connectivity index (χ1v) is 9.53. The van der Waals surface area contributed by atoms with Crippen molar-refractivity contribution in [2.24, 2.45) is 5.92 Å². The van der Waals surface area contributed by atoms with Crippen LogP contribution in [0.1, 0.15) is 35.7 Å². The minimum atomic E-state index is 0.0766. The van der Waals surface area contributed by atoms with Gasteiger partial charge in [-0.3, -0.25) is 4.79 Å². The Morgan fingerprint density at radius 1 is 1.19 bits per heavy atom. The number of benzene rings is 2. The van der Waals surface area contributed by atoms with Crippen LogP contribution in [0.3, 0.4) is 0 Å². The number of carbonyl (C=O) groups is 1. The molecule has 2 aromatic carbocycles. The highest BCUT2D eigenvalue weighted by Gasteiger charge is 2.24. The van der Waals surface area contributed by atoms with Crippen molar-refractivity contribution in [2.45, 2.75) is 46.2 Å². The molecule has 3 heteroatoms. The maximum atomic E-state index is 12.6. The van der Waals surface area contributed by atoms with Gasteiger partial charge in [-0.05, 0) is 55.4 Å². The van der Waals surface area contributed by atoms with Crippen LogP contribution in [0.15, 0.2) is 48.5 Å². The summed E-state index contributed by atoms with van der Waals surface area (Å²) in [5.41, 5.74) is 6.43. The van der Waals surface area contributed by atoms with Crippen LogP contribution in [0.5, 0.6) is 0 Å². The van der Waals surface area contributed by atoms with Crippen molar-refractivity contribution >= 4 is 16.8 Å². The highest BCUT2D eigenvalue weighted by Crippen LogP contribution is 2.34. The van der Waals surface area contributed by atoms with Gasteiger partial charge in [-0.1, -0.05) is 48.9 Å². The highest BCUT2D eigenvalue weighted by atomic mass is 16.1. The zero-order chi connectivity index (χ0) is 18.1. The van der Waals surface area contributed by atoms with Gasteiger partial charge in [0.2, 0.25) is 5.91 Å². The third kappa shape index (κ3) is 3.26. The van der Waals surface area contributed by atoms with E-state index >= 15 is 0 Å². The third-order valence-corrected chi connectivity index (χ3v) is 5.50. The van der Waals surface area contributed by atoms with E-state index in [1.54, 1.807) is 0 Å². The molecule has 3 nitrogen and oxygen atoms in total. The first-order valence-electron chi connectivity index (χ1n) is 9.53. The number of nitrogens with zero attached hydrogens (tertiary/aromatic N) is 1. The van der Waals surface area contributed by atoms with Crippen molar-refractivity contribution in [3.63, 3.8) is 0 Å². The molecule has 0 saturated heterocycles. The van der Waals surface area contributed by atoms with E-state index in [2.05, 4.69) is 41.9 Å². The van der Waals surface area contributed by atoms with Crippen LogP contribution in [0, 0.1) is 12.8 Å². The largest absolute Gasteiger partial charge is 0.350 e. The normalized spacial score (nSPS) is 16.5. The minimum Gasteiger partial charge on any atom is -0.350 e. The van der Waals surface area contributed by atoms with E-state index in [9.17, 15) is 4.79 Å². The lowest BCUT2D eigenvalue weighted by atomic mass is 9.87. The molecule has 1 amide bonds. The number of hydrogen-bond donors (Lipinski definition) is 1. The van der Waals surface area contributed by atoms with Crippen LogP contribution < -0.4 is 5.32 Å². The molecule has 4 rings (SSSR count). The van der Waals surface area contributed by atoms with Crippen molar-refractivity contribution in [3.8, 4) is 0 Å². The Kier molecular flexibility index (Phi) is 4.54. The smallest absolute Gasteiger partial charge is 0.240 e. The summed E-state index contributed by atoms with van der Waals surface area (Å²) in [6.07, 6.45) is 3.39. The Morgan fingerprint density at radius 3 is 2.81 bits per heavy atom. The molecule has 0 bridgehead atoms. The molecule has 1 atom stereocenters. The molecular formula is C23H26N2O. The van der Waals surface area contributed by atoms with Gasteiger partial charge in [0.15, 0.2) is 0 Å². The maximum absolute atomic E-state index is 12.6. The van der Waals surface area contributed by atoms with Crippen molar-refractivity contribution < 1.29 is 4.79 Å². The lowest BCUT2D eigenvalue weighted by Crippen LogP contribution is -2.28. The molecule has 1 N–H and O–H groups in total. The zero-order valence-electron chi connectivity index (χ0n) is 15.6. The van der Waals surface area contributed by atoms with Gasteiger partial charge in [0, 0.05) is 23.1 Å². The fourth-order valence-electron chi connectivity index (χ4n) is 4.11. The lowest BCUT2D eigenvalue weighted by Gasteiger charge is -2.20. The van der Waals surface area contributed by atoms with Crippen molar-refractivity contribution in [2.75, 3.05) is 0 Å². The molecule has 1 unspecified atom stereocenters. The molecule has 134 valence electrons. The predicted molar refractivity (Wildman–Crippen MR) is 106 cm³/mol. The Bertz CT molecular complexity index is 940.